The van der Waals surface area contributed by atoms with Crippen LogP contribution < -0.4 is 21.5 Å². The first kappa shape index (κ1) is 39.8. The molecule has 0 unspecified atom stereocenters. The maximum atomic E-state index is 3.60. The average Bonchev–Trinajstić information content (AvgIpc) is 2.92. The van der Waals surface area contributed by atoms with Gasteiger partial charge >= 0.3 is 0 Å². The topological polar surface area (TPSA) is 54.6 Å². The largest absolute Gasteiger partial charge is 0.312 e. The summed E-state index contributed by atoms with van der Waals surface area (Å²) in [4.78, 5) is 0. The van der Waals surface area contributed by atoms with Crippen LogP contribution in [0.4, 0.5) is 0 Å². The number of nitrogens with zero attached hydrogens (tertiary/aromatic N) is 2. The number of hydrogen-bond donors (Lipinski definition) is 4. The number of hydrazine groups is 2. The zero-order valence-corrected chi connectivity index (χ0v) is 30.2. The van der Waals surface area contributed by atoms with E-state index in [0.717, 1.165) is 23.9 Å². The Morgan fingerprint density at radius 1 is 0.405 bits per heavy atom. The maximum Gasteiger partial charge on any atom is 0.0158 e. The Labute approximate surface area is 264 Å². The normalized spacial score (nSPS) is 25.0. The van der Waals surface area contributed by atoms with Crippen molar-refractivity contribution in [2.24, 2.45) is 11.8 Å². The molecule has 0 aromatic carbocycles. The van der Waals surface area contributed by atoms with Crippen LogP contribution in [0.2, 0.25) is 0 Å². The minimum absolute atomic E-state index is 0.586. The molecule has 42 heavy (non-hydrogen) atoms. The lowest BCUT2D eigenvalue weighted by Crippen LogP contribution is -2.46. The zero-order chi connectivity index (χ0) is 31.3. The summed E-state index contributed by atoms with van der Waals surface area (Å²) in [5, 5.41) is 11.9. The second-order valence-electron chi connectivity index (χ2n) is 15.2. The second-order valence-corrected chi connectivity index (χ2v) is 15.2. The van der Waals surface area contributed by atoms with Gasteiger partial charge in [-0.25, -0.2) is 10.0 Å². The lowest BCUT2D eigenvalue weighted by molar-refractivity contribution is 0.115. The van der Waals surface area contributed by atoms with E-state index < -0.39 is 0 Å². The van der Waals surface area contributed by atoms with Gasteiger partial charge in [-0.2, -0.15) is 0 Å². The molecule has 252 valence electrons. The summed E-state index contributed by atoms with van der Waals surface area (Å²) in [6.45, 7) is 27.3. The summed E-state index contributed by atoms with van der Waals surface area (Å²) in [5.41, 5.74) is 6.85. The highest BCUT2D eigenvalue weighted by Crippen LogP contribution is 2.23. The minimum atomic E-state index is 0.586. The van der Waals surface area contributed by atoms with Crippen molar-refractivity contribution >= 4 is 0 Å². The van der Waals surface area contributed by atoms with Crippen LogP contribution in [0.3, 0.4) is 0 Å². The molecule has 4 N–H and O–H groups in total. The van der Waals surface area contributed by atoms with E-state index in [-0.39, 0.29) is 0 Å². The molecule has 4 aliphatic rings. The summed E-state index contributed by atoms with van der Waals surface area (Å²) in [5.74, 6) is 1.90. The van der Waals surface area contributed by atoms with Gasteiger partial charge in [0.25, 0.3) is 0 Å². The predicted molar refractivity (Wildman–Crippen MR) is 187 cm³/mol. The first-order chi connectivity index (χ1) is 19.9. The van der Waals surface area contributed by atoms with Crippen molar-refractivity contribution in [1.82, 2.24) is 31.5 Å². The molecular formula is C36H78N6. The third kappa shape index (κ3) is 22.3. The molecule has 0 aromatic heterocycles. The Morgan fingerprint density at radius 3 is 1.21 bits per heavy atom. The van der Waals surface area contributed by atoms with E-state index in [1.54, 1.807) is 0 Å². The lowest BCUT2D eigenvalue weighted by Gasteiger charge is -2.32. The van der Waals surface area contributed by atoms with E-state index in [4.69, 9.17) is 0 Å². The van der Waals surface area contributed by atoms with E-state index in [2.05, 4.69) is 101 Å². The molecule has 4 fully saturated rings. The molecule has 4 rings (SSSR count). The Hall–Kier alpha value is -0.240. The highest BCUT2D eigenvalue weighted by atomic mass is 15.5. The quantitative estimate of drug-likeness (QED) is 0.229. The molecule has 2 saturated heterocycles. The van der Waals surface area contributed by atoms with Gasteiger partial charge in [-0.3, -0.25) is 10.9 Å². The van der Waals surface area contributed by atoms with Crippen molar-refractivity contribution < 1.29 is 0 Å². The van der Waals surface area contributed by atoms with Crippen molar-refractivity contribution in [3.05, 3.63) is 0 Å². The van der Waals surface area contributed by atoms with Crippen molar-refractivity contribution in [3.63, 3.8) is 0 Å². The number of nitrogens with one attached hydrogen (secondary N) is 4. The summed E-state index contributed by atoms with van der Waals surface area (Å²) < 4.78 is 0. The Morgan fingerprint density at radius 2 is 0.786 bits per heavy atom. The molecule has 2 aliphatic heterocycles. The summed E-state index contributed by atoms with van der Waals surface area (Å²) in [6.07, 6.45) is 19.6. The second kappa shape index (κ2) is 24.1. The van der Waals surface area contributed by atoms with Gasteiger partial charge in [0.1, 0.15) is 0 Å². The van der Waals surface area contributed by atoms with Gasteiger partial charge < -0.3 is 10.6 Å². The number of rotatable bonds is 8. The third-order valence-electron chi connectivity index (χ3n) is 8.78. The fourth-order valence-corrected chi connectivity index (χ4v) is 6.53. The molecule has 0 bridgehead atoms. The van der Waals surface area contributed by atoms with Crippen LogP contribution in [0.25, 0.3) is 0 Å². The highest BCUT2D eigenvalue weighted by Gasteiger charge is 2.18. The third-order valence-corrected chi connectivity index (χ3v) is 8.78. The van der Waals surface area contributed by atoms with Crippen molar-refractivity contribution in [1.29, 1.82) is 0 Å². The van der Waals surface area contributed by atoms with E-state index in [1.807, 2.05) is 0 Å². The van der Waals surface area contributed by atoms with Crippen LogP contribution in [0.1, 0.15) is 159 Å². The molecule has 6 heteroatoms. The van der Waals surface area contributed by atoms with E-state index >= 15 is 0 Å². The zero-order valence-electron chi connectivity index (χ0n) is 30.2. The van der Waals surface area contributed by atoms with Gasteiger partial charge in [0.15, 0.2) is 0 Å². The lowest BCUT2D eigenvalue weighted by atomic mass is 9.87. The van der Waals surface area contributed by atoms with Crippen molar-refractivity contribution in [2.75, 3.05) is 26.2 Å². The van der Waals surface area contributed by atoms with Gasteiger partial charge in [-0.15, -0.1) is 0 Å². The molecule has 0 amide bonds. The monoisotopic (exact) mass is 595 g/mol. The maximum absolute atomic E-state index is 3.60. The molecule has 2 heterocycles. The molecule has 6 nitrogen and oxygen atoms in total. The van der Waals surface area contributed by atoms with Crippen LogP contribution in [0.15, 0.2) is 0 Å². The van der Waals surface area contributed by atoms with Crippen LogP contribution in [0.5, 0.6) is 0 Å². The van der Waals surface area contributed by atoms with Crippen molar-refractivity contribution in [2.45, 2.75) is 195 Å². The fraction of sp³-hybridized carbons (Fsp3) is 1.00. The molecule has 0 aromatic rings. The average molecular weight is 595 g/mol. The molecule has 2 aliphatic carbocycles. The summed E-state index contributed by atoms with van der Waals surface area (Å²) >= 11 is 0. The van der Waals surface area contributed by atoms with Crippen molar-refractivity contribution in [3.8, 4) is 0 Å². The van der Waals surface area contributed by atoms with Gasteiger partial charge in [-0.1, -0.05) is 67.2 Å². The van der Waals surface area contributed by atoms with Crippen LogP contribution in [-0.2, 0) is 0 Å². The molecule has 0 spiro atoms. The highest BCUT2D eigenvalue weighted by molar-refractivity contribution is 4.76. The number of piperidine rings is 2. The van der Waals surface area contributed by atoms with E-state index in [9.17, 15) is 0 Å². The summed E-state index contributed by atoms with van der Waals surface area (Å²) in [7, 11) is 0. The number of hydrogen-bond acceptors (Lipinski definition) is 6. The van der Waals surface area contributed by atoms with Gasteiger partial charge in [0.2, 0.25) is 0 Å². The molecule has 2 saturated carbocycles. The molecule has 0 radical (unpaired) electrons. The van der Waals surface area contributed by atoms with Gasteiger partial charge in [-0.05, 0) is 104 Å². The standard InChI is InChI=1S/C10H21N.C9H20N2.C9H19N.C8H18N2/c1-8(2)11-10-6-4-9(3)5-7-10;1-8(2)10-11-6-4-9(3)5-7-11;1-8(2)10-9-6-4-3-5-7-9;1-8(2)9-10-6-4-3-5-7-10/h8-11H,4-7H2,1-3H3;8-10H,4-7H2,1-3H3;8-10H,3-7H2,1-2H3;8-9H,3-7H2,1-2H3. The minimum Gasteiger partial charge on any atom is -0.312 e. The first-order valence-electron chi connectivity index (χ1n) is 18.5. The first-order valence-corrected chi connectivity index (χ1v) is 18.5. The smallest absolute Gasteiger partial charge is 0.0158 e. The van der Waals surface area contributed by atoms with Crippen LogP contribution in [-0.4, -0.2) is 72.4 Å². The van der Waals surface area contributed by atoms with E-state index in [1.165, 1.54) is 116 Å². The molecule has 0 atom stereocenters. The Balaban J connectivity index is 0.000000280. The Kier molecular flexibility index (Phi) is 22.8. The predicted octanol–water partition coefficient (Wildman–Crippen LogP) is 7.90. The van der Waals surface area contributed by atoms with Crippen LogP contribution in [0, 0.1) is 11.8 Å². The Bertz CT molecular complexity index is 530. The van der Waals surface area contributed by atoms with Gasteiger partial charge in [0.05, 0.1) is 0 Å². The summed E-state index contributed by atoms with van der Waals surface area (Å²) in [6, 6.07) is 4.15. The van der Waals surface area contributed by atoms with Crippen LogP contribution >= 0.6 is 0 Å². The van der Waals surface area contributed by atoms with E-state index in [0.29, 0.717) is 24.2 Å². The molecular weight excluding hydrogens is 516 g/mol. The van der Waals surface area contributed by atoms with Gasteiger partial charge in [0, 0.05) is 62.4 Å². The SMILES string of the molecule is CC(C)NC1CCCCC1.CC(C)NN1CCCCC1.CC1CCC(NC(C)C)CC1.CC1CCN(NC(C)C)CC1. The fourth-order valence-electron chi connectivity index (χ4n) is 6.53.